The number of rotatable bonds is 2. The standard InChI is InChI=1S/C10H21N3O/c1-7-4-5-8(2)13(6-7)9(3)10(11)12-14/h7-9,14H,4-6H2,1-3H3,(H2,11,12). The molecule has 0 spiro atoms. The highest BCUT2D eigenvalue weighted by Gasteiger charge is 2.28. The van der Waals surface area contributed by atoms with Gasteiger partial charge in [-0.3, -0.25) is 4.90 Å². The fraction of sp³-hybridized carbons (Fsp3) is 0.900. The van der Waals surface area contributed by atoms with Crippen LogP contribution in [0, 0.1) is 5.92 Å². The van der Waals surface area contributed by atoms with Gasteiger partial charge >= 0.3 is 0 Å². The van der Waals surface area contributed by atoms with Crippen LogP contribution >= 0.6 is 0 Å². The monoisotopic (exact) mass is 199 g/mol. The lowest BCUT2D eigenvalue weighted by atomic mass is 9.93. The molecule has 0 aliphatic carbocycles. The van der Waals surface area contributed by atoms with E-state index in [4.69, 9.17) is 10.9 Å². The second-order valence-corrected chi connectivity index (χ2v) is 4.43. The van der Waals surface area contributed by atoms with Crippen LogP contribution in [0.25, 0.3) is 0 Å². The van der Waals surface area contributed by atoms with Crippen molar-refractivity contribution < 1.29 is 5.21 Å². The first kappa shape index (κ1) is 11.3. The molecule has 4 nitrogen and oxygen atoms in total. The van der Waals surface area contributed by atoms with E-state index in [1.54, 1.807) is 0 Å². The van der Waals surface area contributed by atoms with E-state index in [0.29, 0.717) is 17.8 Å². The zero-order valence-electron chi connectivity index (χ0n) is 9.27. The number of hydrogen-bond acceptors (Lipinski definition) is 3. The van der Waals surface area contributed by atoms with Gasteiger partial charge in [-0.25, -0.2) is 0 Å². The van der Waals surface area contributed by atoms with Gasteiger partial charge in [0, 0.05) is 12.6 Å². The highest BCUT2D eigenvalue weighted by molar-refractivity contribution is 5.84. The van der Waals surface area contributed by atoms with Crippen LogP contribution < -0.4 is 5.73 Å². The summed E-state index contributed by atoms with van der Waals surface area (Å²) in [4.78, 5) is 2.31. The first-order valence-corrected chi connectivity index (χ1v) is 5.29. The van der Waals surface area contributed by atoms with Crippen molar-refractivity contribution in [2.45, 2.75) is 45.7 Å². The molecule has 1 aliphatic heterocycles. The number of nitrogens with zero attached hydrogens (tertiary/aromatic N) is 2. The number of likely N-dealkylation sites (tertiary alicyclic amines) is 1. The SMILES string of the molecule is CC1CCC(C)N(C(C)/C(N)=N/O)C1. The summed E-state index contributed by atoms with van der Waals surface area (Å²) in [6.07, 6.45) is 2.48. The van der Waals surface area contributed by atoms with E-state index in [0.717, 1.165) is 6.54 Å². The summed E-state index contributed by atoms with van der Waals surface area (Å²) in [5.41, 5.74) is 5.61. The van der Waals surface area contributed by atoms with Crippen molar-refractivity contribution in [3.8, 4) is 0 Å². The molecule has 0 aromatic carbocycles. The molecule has 82 valence electrons. The lowest BCUT2D eigenvalue weighted by Crippen LogP contribution is -2.51. The van der Waals surface area contributed by atoms with Crippen molar-refractivity contribution in [2.24, 2.45) is 16.8 Å². The molecule has 1 heterocycles. The molecule has 1 aliphatic rings. The number of oxime groups is 1. The molecular weight excluding hydrogens is 178 g/mol. The maximum Gasteiger partial charge on any atom is 0.156 e. The lowest BCUT2D eigenvalue weighted by Gasteiger charge is -2.40. The summed E-state index contributed by atoms with van der Waals surface area (Å²) in [5, 5.41) is 11.7. The highest BCUT2D eigenvalue weighted by atomic mass is 16.4. The Morgan fingerprint density at radius 3 is 2.71 bits per heavy atom. The van der Waals surface area contributed by atoms with E-state index in [-0.39, 0.29) is 6.04 Å². The van der Waals surface area contributed by atoms with E-state index >= 15 is 0 Å². The van der Waals surface area contributed by atoms with Crippen molar-refractivity contribution in [3.05, 3.63) is 0 Å². The van der Waals surface area contributed by atoms with Crippen molar-refractivity contribution in [2.75, 3.05) is 6.54 Å². The average Bonchev–Trinajstić information content (AvgIpc) is 2.19. The number of piperidine rings is 1. The van der Waals surface area contributed by atoms with Gasteiger partial charge in [0.25, 0.3) is 0 Å². The smallest absolute Gasteiger partial charge is 0.156 e. The molecule has 1 saturated heterocycles. The van der Waals surface area contributed by atoms with Gasteiger partial charge in [0.05, 0.1) is 6.04 Å². The molecular formula is C10H21N3O. The third-order valence-electron chi connectivity index (χ3n) is 3.21. The molecule has 3 unspecified atom stereocenters. The van der Waals surface area contributed by atoms with Crippen LogP contribution in [0.5, 0.6) is 0 Å². The second-order valence-electron chi connectivity index (χ2n) is 4.43. The summed E-state index contributed by atoms with van der Waals surface area (Å²) < 4.78 is 0. The molecule has 3 N–H and O–H groups in total. The maximum absolute atomic E-state index is 8.62. The summed E-state index contributed by atoms with van der Waals surface area (Å²) in [5.74, 6) is 1.02. The molecule has 1 fully saturated rings. The normalized spacial score (nSPS) is 32.9. The topological polar surface area (TPSA) is 61.8 Å². The summed E-state index contributed by atoms with van der Waals surface area (Å²) in [7, 11) is 0. The van der Waals surface area contributed by atoms with Crippen LogP contribution in [-0.4, -0.2) is 34.6 Å². The predicted molar refractivity (Wildman–Crippen MR) is 57.4 cm³/mol. The van der Waals surface area contributed by atoms with Gasteiger partial charge < -0.3 is 10.9 Å². The molecule has 0 aromatic heterocycles. The Morgan fingerprint density at radius 1 is 1.50 bits per heavy atom. The molecule has 0 saturated carbocycles. The van der Waals surface area contributed by atoms with Crippen molar-refractivity contribution in [1.82, 2.24) is 4.90 Å². The average molecular weight is 199 g/mol. The van der Waals surface area contributed by atoms with Gasteiger partial charge in [0.1, 0.15) is 0 Å². The van der Waals surface area contributed by atoms with E-state index in [1.807, 2.05) is 6.92 Å². The molecule has 0 bridgehead atoms. The van der Waals surface area contributed by atoms with Crippen molar-refractivity contribution in [1.29, 1.82) is 0 Å². The highest BCUT2D eigenvalue weighted by Crippen LogP contribution is 2.23. The first-order valence-electron chi connectivity index (χ1n) is 5.29. The Labute approximate surface area is 85.8 Å². The van der Waals surface area contributed by atoms with Crippen LogP contribution in [0.4, 0.5) is 0 Å². The number of nitrogens with two attached hydrogens (primary N) is 1. The largest absolute Gasteiger partial charge is 0.409 e. The van der Waals surface area contributed by atoms with Gasteiger partial charge in [-0.2, -0.15) is 0 Å². The Morgan fingerprint density at radius 2 is 2.14 bits per heavy atom. The minimum atomic E-state index is 0.0396. The van der Waals surface area contributed by atoms with Crippen LogP contribution in [0.3, 0.4) is 0 Å². The Balaban J connectivity index is 2.64. The Hall–Kier alpha value is -0.770. The molecule has 0 radical (unpaired) electrons. The number of amidine groups is 1. The quantitative estimate of drug-likeness (QED) is 0.304. The summed E-state index contributed by atoms with van der Waals surface area (Å²) >= 11 is 0. The molecule has 3 atom stereocenters. The van der Waals surface area contributed by atoms with Gasteiger partial charge in [0.2, 0.25) is 0 Å². The van der Waals surface area contributed by atoms with Gasteiger partial charge in [-0.1, -0.05) is 12.1 Å². The van der Waals surface area contributed by atoms with Crippen LogP contribution in [0.15, 0.2) is 5.16 Å². The fourth-order valence-corrected chi connectivity index (χ4v) is 2.12. The maximum atomic E-state index is 8.62. The fourth-order valence-electron chi connectivity index (χ4n) is 2.12. The first-order chi connectivity index (χ1) is 6.56. The van der Waals surface area contributed by atoms with Crippen LogP contribution in [-0.2, 0) is 0 Å². The van der Waals surface area contributed by atoms with E-state index < -0.39 is 0 Å². The van der Waals surface area contributed by atoms with Crippen molar-refractivity contribution in [3.63, 3.8) is 0 Å². The zero-order chi connectivity index (χ0) is 10.7. The third kappa shape index (κ3) is 2.38. The minimum absolute atomic E-state index is 0.0396. The van der Waals surface area contributed by atoms with Crippen LogP contribution in [0.2, 0.25) is 0 Å². The Kier molecular flexibility index (Phi) is 3.75. The second kappa shape index (κ2) is 4.64. The number of hydrogen-bond donors (Lipinski definition) is 2. The predicted octanol–water partition coefficient (Wildman–Crippen LogP) is 1.24. The van der Waals surface area contributed by atoms with Gasteiger partial charge in [-0.05, 0) is 32.6 Å². The minimum Gasteiger partial charge on any atom is -0.409 e. The summed E-state index contributed by atoms with van der Waals surface area (Å²) in [6.45, 7) is 7.48. The summed E-state index contributed by atoms with van der Waals surface area (Å²) in [6, 6.07) is 0.569. The van der Waals surface area contributed by atoms with Gasteiger partial charge in [-0.15, -0.1) is 0 Å². The van der Waals surface area contributed by atoms with E-state index in [1.165, 1.54) is 12.8 Å². The van der Waals surface area contributed by atoms with E-state index in [9.17, 15) is 0 Å². The molecule has 0 amide bonds. The van der Waals surface area contributed by atoms with Crippen LogP contribution in [0.1, 0.15) is 33.6 Å². The molecule has 14 heavy (non-hydrogen) atoms. The Bertz CT molecular complexity index is 217. The molecule has 4 heteroatoms. The molecule has 0 aromatic rings. The van der Waals surface area contributed by atoms with Crippen molar-refractivity contribution >= 4 is 5.84 Å². The van der Waals surface area contributed by atoms with Gasteiger partial charge in [0.15, 0.2) is 5.84 Å². The lowest BCUT2D eigenvalue weighted by molar-refractivity contribution is 0.109. The van der Waals surface area contributed by atoms with E-state index in [2.05, 4.69) is 23.9 Å². The zero-order valence-corrected chi connectivity index (χ0v) is 9.27. The third-order valence-corrected chi connectivity index (χ3v) is 3.21. The molecule has 1 rings (SSSR count).